The van der Waals surface area contributed by atoms with Crippen molar-refractivity contribution < 1.29 is 4.39 Å². The third kappa shape index (κ3) is 2.56. The summed E-state index contributed by atoms with van der Waals surface area (Å²) in [6.45, 7) is 0. The molecule has 2 nitrogen and oxygen atoms in total. The minimum atomic E-state index is -0.245. The van der Waals surface area contributed by atoms with Crippen LogP contribution in [0, 0.1) is 5.82 Å². The maximum Gasteiger partial charge on any atom is 0.123 e. The zero-order chi connectivity index (χ0) is 12.3. The van der Waals surface area contributed by atoms with Gasteiger partial charge in [0.15, 0.2) is 0 Å². The van der Waals surface area contributed by atoms with Gasteiger partial charge >= 0.3 is 0 Å². The van der Waals surface area contributed by atoms with Gasteiger partial charge in [-0.05, 0) is 35.9 Å². The molecule has 17 heavy (non-hydrogen) atoms. The predicted molar refractivity (Wildman–Crippen MR) is 68.3 cm³/mol. The number of benzene rings is 1. The van der Waals surface area contributed by atoms with Crippen LogP contribution in [-0.2, 0) is 5.88 Å². The number of rotatable bonds is 3. The number of aromatic nitrogens is 1. The molecule has 0 amide bonds. The van der Waals surface area contributed by atoms with Crippen molar-refractivity contribution in [2.24, 2.45) is 0 Å². The van der Waals surface area contributed by atoms with Crippen LogP contribution in [-0.4, -0.2) is 12.0 Å². The van der Waals surface area contributed by atoms with Crippen LogP contribution in [0.5, 0.6) is 0 Å². The normalized spacial score (nSPS) is 10.3. The van der Waals surface area contributed by atoms with E-state index in [1.807, 2.05) is 18.0 Å². The Kier molecular flexibility index (Phi) is 3.59. The van der Waals surface area contributed by atoms with Gasteiger partial charge in [-0.15, -0.1) is 11.6 Å². The smallest absolute Gasteiger partial charge is 0.123 e. The summed E-state index contributed by atoms with van der Waals surface area (Å²) in [6.07, 6.45) is 3.46. The fraction of sp³-hybridized carbons (Fsp3) is 0.154. The number of anilines is 2. The van der Waals surface area contributed by atoms with Crippen LogP contribution < -0.4 is 4.90 Å². The molecule has 0 aliphatic heterocycles. The summed E-state index contributed by atoms with van der Waals surface area (Å²) in [5, 5.41) is 0. The molecule has 0 radical (unpaired) electrons. The lowest BCUT2D eigenvalue weighted by Gasteiger charge is -2.21. The highest BCUT2D eigenvalue weighted by Crippen LogP contribution is 2.27. The number of halogens is 2. The Morgan fingerprint density at radius 3 is 2.59 bits per heavy atom. The molecule has 2 rings (SSSR count). The molecule has 0 aliphatic rings. The summed E-state index contributed by atoms with van der Waals surface area (Å²) < 4.78 is 12.8. The number of nitrogens with zero attached hydrogens (tertiary/aromatic N) is 2. The second kappa shape index (κ2) is 5.15. The highest BCUT2D eigenvalue weighted by Gasteiger charge is 2.08. The molecule has 2 aromatic rings. The van der Waals surface area contributed by atoms with Gasteiger partial charge in [0.2, 0.25) is 0 Å². The van der Waals surface area contributed by atoms with Crippen LogP contribution in [0.3, 0.4) is 0 Å². The van der Waals surface area contributed by atoms with Gasteiger partial charge in [-0.1, -0.05) is 0 Å². The largest absolute Gasteiger partial charge is 0.343 e. The molecule has 88 valence electrons. The maximum atomic E-state index is 12.8. The first-order chi connectivity index (χ1) is 8.22. The molecule has 1 heterocycles. The van der Waals surface area contributed by atoms with Crippen molar-refractivity contribution in [3.05, 3.63) is 54.1 Å². The number of alkyl halides is 1. The Bertz CT molecular complexity index is 499. The average molecular weight is 251 g/mol. The molecule has 0 unspecified atom stereocenters. The Morgan fingerprint density at radius 2 is 1.94 bits per heavy atom. The van der Waals surface area contributed by atoms with Gasteiger partial charge in [0.1, 0.15) is 5.82 Å². The quantitative estimate of drug-likeness (QED) is 0.772. The summed E-state index contributed by atoms with van der Waals surface area (Å²) in [5.74, 6) is 0.175. The summed E-state index contributed by atoms with van der Waals surface area (Å²) in [7, 11) is 1.90. The molecule has 0 bridgehead atoms. The summed E-state index contributed by atoms with van der Waals surface area (Å²) >= 11 is 5.87. The lowest BCUT2D eigenvalue weighted by molar-refractivity contribution is 0.628. The van der Waals surface area contributed by atoms with Crippen molar-refractivity contribution in [3.8, 4) is 0 Å². The second-order valence-corrected chi connectivity index (χ2v) is 3.94. The minimum Gasteiger partial charge on any atom is -0.343 e. The molecule has 0 fully saturated rings. The van der Waals surface area contributed by atoms with Gasteiger partial charge < -0.3 is 4.90 Å². The lowest BCUT2D eigenvalue weighted by Crippen LogP contribution is -2.11. The molecule has 0 saturated heterocycles. The SMILES string of the molecule is CN(c1ccc(F)cc1)c1cnccc1CCl. The van der Waals surface area contributed by atoms with Gasteiger partial charge in [-0.25, -0.2) is 4.39 Å². The molecule has 0 saturated carbocycles. The Morgan fingerprint density at radius 1 is 1.24 bits per heavy atom. The van der Waals surface area contributed by atoms with Crippen LogP contribution in [0.4, 0.5) is 15.8 Å². The number of hydrogen-bond donors (Lipinski definition) is 0. The molecule has 0 N–H and O–H groups in total. The maximum absolute atomic E-state index is 12.8. The van der Waals surface area contributed by atoms with E-state index in [9.17, 15) is 4.39 Å². The van der Waals surface area contributed by atoms with E-state index in [2.05, 4.69) is 4.98 Å². The topological polar surface area (TPSA) is 16.1 Å². The highest BCUT2D eigenvalue weighted by molar-refractivity contribution is 6.17. The summed E-state index contributed by atoms with van der Waals surface area (Å²) in [5.41, 5.74) is 2.81. The molecule has 1 aromatic carbocycles. The van der Waals surface area contributed by atoms with Gasteiger partial charge in [0.25, 0.3) is 0 Å². The van der Waals surface area contributed by atoms with Gasteiger partial charge in [-0.2, -0.15) is 0 Å². The molecule has 4 heteroatoms. The lowest BCUT2D eigenvalue weighted by atomic mass is 10.2. The van der Waals surface area contributed by atoms with E-state index < -0.39 is 0 Å². The van der Waals surface area contributed by atoms with Gasteiger partial charge in [-0.3, -0.25) is 4.98 Å². The molecular weight excluding hydrogens is 239 g/mol. The third-order valence-electron chi connectivity index (χ3n) is 2.61. The van der Waals surface area contributed by atoms with Crippen molar-refractivity contribution in [1.82, 2.24) is 4.98 Å². The molecule has 1 aromatic heterocycles. The van der Waals surface area contributed by atoms with Crippen LogP contribution in [0.2, 0.25) is 0 Å². The van der Waals surface area contributed by atoms with E-state index in [0.717, 1.165) is 16.9 Å². The van der Waals surface area contributed by atoms with E-state index in [0.29, 0.717) is 5.88 Å². The van der Waals surface area contributed by atoms with E-state index in [1.165, 1.54) is 12.1 Å². The third-order valence-corrected chi connectivity index (χ3v) is 2.89. The second-order valence-electron chi connectivity index (χ2n) is 3.67. The summed E-state index contributed by atoms with van der Waals surface area (Å²) in [6, 6.07) is 8.19. The average Bonchev–Trinajstić information content (AvgIpc) is 2.39. The molecular formula is C13H12ClFN2. The zero-order valence-corrected chi connectivity index (χ0v) is 10.2. The predicted octanol–water partition coefficient (Wildman–Crippen LogP) is 3.73. The standard InChI is InChI=1S/C13H12ClFN2/c1-17(12-4-2-11(15)3-5-12)13-9-16-7-6-10(13)8-14/h2-7,9H,8H2,1H3. The first-order valence-corrected chi connectivity index (χ1v) is 5.74. The Labute approximate surface area is 105 Å². The van der Waals surface area contributed by atoms with E-state index in [1.54, 1.807) is 24.5 Å². The summed E-state index contributed by atoms with van der Waals surface area (Å²) in [4.78, 5) is 6.02. The zero-order valence-electron chi connectivity index (χ0n) is 9.40. The van der Waals surface area contributed by atoms with E-state index in [4.69, 9.17) is 11.6 Å². The molecule has 0 aliphatic carbocycles. The monoisotopic (exact) mass is 250 g/mol. The fourth-order valence-electron chi connectivity index (χ4n) is 1.63. The fourth-order valence-corrected chi connectivity index (χ4v) is 1.86. The van der Waals surface area contributed by atoms with Crippen molar-refractivity contribution in [1.29, 1.82) is 0 Å². The van der Waals surface area contributed by atoms with Crippen LogP contribution in [0.25, 0.3) is 0 Å². The van der Waals surface area contributed by atoms with E-state index >= 15 is 0 Å². The van der Waals surface area contributed by atoms with Crippen molar-refractivity contribution in [3.63, 3.8) is 0 Å². The van der Waals surface area contributed by atoms with Crippen LogP contribution in [0.15, 0.2) is 42.7 Å². The van der Waals surface area contributed by atoms with Crippen LogP contribution in [0.1, 0.15) is 5.56 Å². The van der Waals surface area contributed by atoms with Crippen molar-refractivity contribution in [2.75, 3.05) is 11.9 Å². The number of hydrogen-bond acceptors (Lipinski definition) is 2. The van der Waals surface area contributed by atoms with Gasteiger partial charge in [0.05, 0.1) is 11.9 Å². The van der Waals surface area contributed by atoms with Gasteiger partial charge in [0, 0.05) is 24.8 Å². The highest BCUT2D eigenvalue weighted by atomic mass is 35.5. The van der Waals surface area contributed by atoms with E-state index in [-0.39, 0.29) is 5.82 Å². The van der Waals surface area contributed by atoms with Crippen molar-refractivity contribution in [2.45, 2.75) is 5.88 Å². The van der Waals surface area contributed by atoms with Crippen molar-refractivity contribution >= 4 is 23.0 Å². The Balaban J connectivity index is 2.36. The molecule has 0 spiro atoms. The van der Waals surface area contributed by atoms with Crippen LogP contribution >= 0.6 is 11.6 Å². The first-order valence-electron chi connectivity index (χ1n) is 5.20. The molecule has 0 atom stereocenters. The first kappa shape index (κ1) is 11.9. The minimum absolute atomic E-state index is 0.245. The number of pyridine rings is 1. The Hall–Kier alpha value is -1.61.